The molecule has 2 heteroatoms. The van der Waals surface area contributed by atoms with Gasteiger partial charge < -0.3 is 10.5 Å². The fourth-order valence-corrected chi connectivity index (χ4v) is 2.02. The van der Waals surface area contributed by atoms with E-state index >= 15 is 0 Å². The standard InChI is InChI=1S/C12H17NO/c13-9-10-5-1-2-6-11(10)12-7-3-4-8-14-12/h1-2,5-6,12H,3-4,7-9,13H2. The van der Waals surface area contributed by atoms with E-state index in [1.807, 2.05) is 6.07 Å². The summed E-state index contributed by atoms with van der Waals surface area (Å²) >= 11 is 0. The van der Waals surface area contributed by atoms with Gasteiger partial charge in [0.15, 0.2) is 0 Å². The van der Waals surface area contributed by atoms with Crippen molar-refractivity contribution < 1.29 is 4.74 Å². The van der Waals surface area contributed by atoms with E-state index in [0.717, 1.165) is 13.0 Å². The highest BCUT2D eigenvalue weighted by Gasteiger charge is 2.17. The molecule has 76 valence electrons. The zero-order valence-electron chi connectivity index (χ0n) is 8.41. The van der Waals surface area contributed by atoms with Crippen molar-refractivity contribution in [2.24, 2.45) is 5.73 Å². The van der Waals surface area contributed by atoms with Crippen LogP contribution in [0.25, 0.3) is 0 Å². The van der Waals surface area contributed by atoms with E-state index in [1.165, 1.54) is 24.0 Å². The summed E-state index contributed by atoms with van der Waals surface area (Å²) < 4.78 is 5.75. The lowest BCUT2D eigenvalue weighted by Gasteiger charge is -2.24. The summed E-state index contributed by atoms with van der Waals surface area (Å²) in [4.78, 5) is 0. The van der Waals surface area contributed by atoms with Gasteiger partial charge in [-0.15, -0.1) is 0 Å². The van der Waals surface area contributed by atoms with Gasteiger partial charge in [0.2, 0.25) is 0 Å². The topological polar surface area (TPSA) is 35.2 Å². The van der Waals surface area contributed by atoms with Gasteiger partial charge in [0, 0.05) is 13.2 Å². The van der Waals surface area contributed by atoms with Crippen molar-refractivity contribution in [3.63, 3.8) is 0 Å². The van der Waals surface area contributed by atoms with Crippen LogP contribution in [-0.2, 0) is 11.3 Å². The van der Waals surface area contributed by atoms with Gasteiger partial charge in [0.1, 0.15) is 0 Å². The third-order valence-corrected chi connectivity index (χ3v) is 2.80. The zero-order valence-corrected chi connectivity index (χ0v) is 8.41. The van der Waals surface area contributed by atoms with Gasteiger partial charge in [-0.2, -0.15) is 0 Å². The van der Waals surface area contributed by atoms with Crippen molar-refractivity contribution >= 4 is 0 Å². The quantitative estimate of drug-likeness (QED) is 0.779. The summed E-state index contributed by atoms with van der Waals surface area (Å²) in [6, 6.07) is 8.33. The van der Waals surface area contributed by atoms with Crippen LogP contribution in [0, 0.1) is 0 Å². The summed E-state index contributed by atoms with van der Waals surface area (Å²) in [5.74, 6) is 0. The summed E-state index contributed by atoms with van der Waals surface area (Å²) in [6.45, 7) is 1.50. The van der Waals surface area contributed by atoms with Crippen LogP contribution in [0.3, 0.4) is 0 Å². The Bertz CT molecular complexity index is 292. The summed E-state index contributed by atoms with van der Waals surface area (Å²) in [5.41, 5.74) is 8.21. The minimum absolute atomic E-state index is 0.281. The van der Waals surface area contributed by atoms with Gasteiger partial charge in [-0.3, -0.25) is 0 Å². The zero-order chi connectivity index (χ0) is 9.80. The van der Waals surface area contributed by atoms with Crippen LogP contribution in [0.1, 0.15) is 36.5 Å². The minimum Gasteiger partial charge on any atom is -0.374 e. The average Bonchev–Trinajstić information content (AvgIpc) is 2.30. The number of hydrogen-bond acceptors (Lipinski definition) is 2. The molecule has 1 atom stereocenters. The van der Waals surface area contributed by atoms with Crippen LogP contribution in [0.5, 0.6) is 0 Å². The second-order valence-corrected chi connectivity index (χ2v) is 3.76. The van der Waals surface area contributed by atoms with E-state index < -0.39 is 0 Å². The van der Waals surface area contributed by atoms with Crippen LogP contribution in [0.15, 0.2) is 24.3 Å². The SMILES string of the molecule is NCc1ccccc1C1CCCCO1. The maximum Gasteiger partial charge on any atom is 0.0828 e. The third-order valence-electron chi connectivity index (χ3n) is 2.80. The number of nitrogens with two attached hydrogens (primary N) is 1. The first-order valence-corrected chi connectivity index (χ1v) is 5.31. The van der Waals surface area contributed by atoms with E-state index in [2.05, 4.69) is 18.2 Å². The van der Waals surface area contributed by atoms with Gasteiger partial charge >= 0.3 is 0 Å². The minimum atomic E-state index is 0.281. The van der Waals surface area contributed by atoms with E-state index in [9.17, 15) is 0 Å². The van der Waals surface area contributed by atoms with Crippen molar-refractivity contribution in [2.45, 2.75) is 31.9 Å². The maximum atomic E-state index is 5.75. The van der Waals surface area contributed by atoms with E-state index in [4.69, 9.17) is 10.5 Å². The Morgan fingerprint density at radius 3 is 2.86 bits per heavy atom. The van der Waals surface area contributed by atoms with Crippen molar-refractivity contribution in [1.29, 1.82) is 0 Å². The lowest BCUT2D eigenvalue weighted by atomic mass is 9.97. The van der Waals surface area contributed by atoms with Crippen molar-refractivity contribution in [3.8, 4) is 0 Å². The van der Waals surface area contributed by atoms with Gasteiger partial charge in [0.25, 0.3) is 0 Å². The molecule has 2 rings (SSSR count). The van der Waals surface area contributed by atoms with Crippen LogP contribution in [0.2, 0.25) is 0 Å². The van der Waals surface area contributed by atoms with Gasteiger partial charge in [-0.05, 0) is 30.4 Å². The van der Waals surface area contributed by atoms with Crippen LogP contribution in [-0.4, -0.2) is 6.61 Å². The molecule has 0 spiro atoms. The number of rotatable bonds is 2. The molecule has 2 nitrogen and oxygen atoms in total. The molecule has 14 heavy (non-hydrogen) atoms. The number of ether oxygens (including phenoxy) is 1. The molecule has 1 unspecified atom stereocenters. The fraction of sp³-hybridized carbons (Fsp3) is 0.500. The molecule has 0 saturated carbocycles. The predicted octanol–water partition coefficient (Wildman–Crippen LogP) is 2.39. The lowest BCUT2D eigenvalue weighted by Crippen LogP contribution is -2.14. The predicted molar refractivity (Wildman–Crippen MR) is 56.9 cm³/mol. The van der Waals surface area contributed by atoms with E-state index in [-0.39, 0.29) is 6.10 Å². The summed E-state index contributed by atoms with van der Waals surface area (Å²) in [6.07, 6.45) is 3.88. The molecule has 0 radical (unpaired) electrons. The van der Waals surface area contributed by atoms with Crippen molar-refractivity contribution in [2.75, 3.05) is 6.61 Å². The van der Waals surface area contributed by atoms with Crippen LogP contribution >= 0.6 is 0 Å². The Balaban J connectivity index is 2.20. The Kier molecular flexibility index (Phi) is 3.17. The molecule has 1 aromatic rings. The molecule has 2 N–H and O–H groups in total. The molecule has 1 aromatic carbocycles. The van der Waals surface area contributed by atoms with Crippen molar-refractivity contribution in [3.05, 3.63) is 35.4 Å². The largest absolute Gasteiger partial charge is 0.374 e. The molecule has 0 aromatic heterocycles. The molecule has 1 saturated heterocycles. The average molecular weight is 191 g/mol. The Labute approximate surface area is 85.1 Å². The highest BCUT2D eigenvalue weighted by molar-refractivity contribution is 5.29. The first-order valence-electron chi connectivity index (χ1n) is 5.31. The summed E-state index contributed by atoms with van der Waals surface area (Å²) in [5, 5.41) is 0. The highest BCUT2D eigenvalue weighted by atomic mass is 16.5. The van der Waals surface area contributed by atoms with Crippen LogP contribution < -0.4 is 5.73 Å². The second-order valence-electron chi connectivity index (χ2n) is 3.76. The van der Waals surface area contributed by atoms with Gasteiger partial charge in [-0.25, -0.2) is 0 Å². The van der Waals surface area contributed by atoms with E-state index in [0.29, 0.717) is 6.54 Å². The van der Waals surface area contributed by atoms with Gasteiger partial charge in [-0.1, -0.05) is 24.3 Å². The van der Waals surface area contributed by atoms with Crippen molar-refractivity contribution in [1.82, 2.24) is 0 Å². The smallest absolute Gasteiger partial charge is 0.0828 e. The molecule has 0 bridgehead atoms. The molecule has 1 heterocycles. The molecule has 1 aliphatic rings. The van der Waals surface area contributed by atoms with Crippen LogP contribution in [0.4, 0.5) is 0 Å². The Hall–Kier alpha value is -0.860. The molecular formula is C12H17NO. The lowest BCUT2D eigenvalue weighted by molar-refractivity contribution is 0.0144. The third kappa shape index (κ3) is 1.97. The fourth-order valence-electron chi connectivity index (χ4n) is 2.02. The molecule has 0 aliphatic carbocycles. The summed E-state index contributed by atoms with van der Waals surface area (Å²) in [7, 11) is 0. The Morgan fingerprint density at radius 2 is 2.14 bits per heavy atom. The highest BCUT2D eigenvalue weighted by Crippen LogP contribution is 2.29. The second kappa shape index (κ2) is 4.58. The van der Waals surface area contributed by atoms with E-state index in [1.54, 1.807) is 0 Å². The molecule has 1 fully saturated rings. The number of hydrogen-bond donors (Lipinski definition) is 1. The Morgan fingerprint density at radius 1 is 1.29 bits per heavy atom. The first-order chi connectivity index (χ1) is 6.92. The van der Waals surface area contributed by atoms with Gasteiger partial charge in [0.05, 0.1) is 6.10 Å². The molecular weight excluding hydrogens is 174 g/mol. The molecule has 0 amide bonds. The molecule has 1 aliphatic heterocycles. The first kappa shape index (κ1) is 9.69. The number of benzene rings is 1. The normalized spacial score (nSPS) is 22.2. The maximum absolute atomic E-state index is 5.75. The monoisotopic (exact) mass is 191 g/mol.